The fourth-order valence-electron chi connectivity index (χ4n) is 3.65. The standard InChI is InChI=1S/C28H42N2O6/c1-4-6-8-14-25(19-23-12-9-7-10-13-23)28(34)36-21-22(3)30-27(33)24(11-5-2)20-26(32)29-15-17-35-18-16-31/h4-5,7,9-10,12-13,22,24-25,31H,1-2,6,8,11,14-21H2,3H3,(H,29,32)(H,30,33)/t22-,24+,25+/m0/s1. The first-order valence-corrected chi connectivity index (χ1v) is 12.6. The third-order valence-electron chi connectivity index (χ3n) is 5.54. The van der Waals surface area contributed by atoms with Crippen molar-refractivity contribution in [2.45, 2.75) is 51.5 Å². The Morgan fingerprint density at radius 2 is 1.83 bits per heavy atom. The normalized spacial score (nSPS) is 13.2. The number of aliphatic hydroxyl groups is 1. The molecule has 0 bridgehead atoms. The van der Waals surface area contributed by atoms with Crippen LogP contribution in [0.25, 0.3) is 0 Å². The highest BCUT2D eigenvalue weighted by Crippen LogP contribution is 2.18. The SMILES string of the molecule is C=CCCC[C@H](Cc1ccccc1)C(=O)OC[C@H](C)NC(=O)[C@H](CC=C)CC(=O)NCCOCCO. The number of hydrogen-bond acceptors (Lipinski definition) is 6. The van der Waals surface area contributed by atoms with Crippen molar-refractivity contribution in [3.63, 3.8) is 0 Å². The number of aliphatic hydroxyl groups excluding tert-OH is 1. The monoisotopic (exact) mass is 502 g/mol. The van der Waals surface area contributed by atoms with E-state index in [1.54, 1.807) is 13.0 Å². The Hall–Kier alpha value is -2.97. The molecule has 0 fully saturated rings. The molecule has 0 heterocycles. The average Bonchev–Trinajstić information content (AvgIpc) is 2.87. The van der Waals surface area contributed by atoms with Gasteiger partial charge in [-0.1, -0.05) is 42.5 Å². The molecule has 200 valence electrons. The van der Waals surface area contributed by atoms with Crippen molar-refractivity contribution in [2.24, 2.45) is 11.8 Å². The third kappa shape index (κ3) is 13.8. The van der Waals surface area contributed by atoms with Crippen LogP contribution in [0.3, 0.4) is 0 Å². The highest BCUT2D eigenvalue weighted by atomic mass is 16.5. The number of allylic oxidation sites excluding steroid dienone is 2. The number of carbonyl (C=O) groups is 3. The van der Waals surface area contributed by atoms with Crippen LogP contribution in [0.1, 0.15) is 44.6 Å². The van der Waals surface area contributed by atoms with E-state index in [9.17, 15) is 14.4 Å². The topological polar surface area (TPSA) is 114 Å². The lowest BCUT2D eigenvalue weighted by molar-refractivity contribution is -0.150. The Kier molecular flexibility index (Phi) is 16.6. The van der Waals surface area contributed by atoms with Gasteiger partial charge in [0.15, 0.2) is 0 Å². The van der Waals surface area contributed by atoms with Crippen molar-refractivity contribution < 1.29 is 29.0 Å². The summed E-state index contributed by atoms with van der Waals surface area (Å²) in [6.45, 7) is 9.94. The van der Waals surface area contributed by atoms with Gasteiger partial charge >= 0.3 is 5.97 Å². The van der Waals surface area contributed by atoms with E-state index in [0.717, 1.165) is 18.4 Å². The van der Waals surface area contributed by atoms with Crippen molar-refractivity contribution in [1.82, 2.24) is 10.6 Å². The van der Waals surface area contributed by atoms with Gasteiger partial charge in [0.25, 0.3) is 0 Å². The minimum Gasteiger partial charge on any atom is -0.463 e. The number of unbranched alkanes of at least 4 members (excludes halogenated alkanes) is 1. The van der Waals surface area contributed by atoms with E-state index < -0.39 is 12.0 Å². The summed E-state index contributed by atoms with van der Waals surface area (Å²) in [4.78, 5) is 37.8. The molecule has 0 spiro atoms. The molecular formula is C28H42N2O6. The molecule has 0 aliphatic heterocycles. The summed E-state index contributed by atoms with van der Waals surface area (Å²) in [5.74, 6) is -1.70. The van der Waals surface area contributed by atoms with E-state index in [1.807, 2.05) is 36.4 Å². The van der Waals surface area contributed by atoms with Crippen molar-refractivity contribution in [3.8, 4) is 0 Å². The first kappa shape index (κ1) is 31.1. The molecule has 0 unspecified atom stereocenters. The molecule has 3 atom stereocenters. The smallest absolute Gasteiger partial charge is 0.309 e. The summed E-state index contributed by atoms with van der Waals surface area (Å²) in [6, 6.07) is 9.42. The molecule has 1 aromatic rings. The van der Waals surface area contributed by atoms with Crippen molar-refractivity contribution in [3.05, 3.63) is 61.2 Å². The van der Waals surface area contributed by atoms with Gasteiger partial charge in [-0.05, 0) is 44.6 Å². The zero-order valence-corrected chi connectivity index (χ0v) is 21.5. The van der Waals surface area contributed by atoms with Crippen LogP contribution in [0.2, 0.25) is 0 Å². The second kappa shape index (κ2) is 19.2. The van der Waals surface area contributed by atoms with Crippen LogP contribution in [0.4, 0.5) is 0 Å². The van der Waals surface area contributed by atoms with Crippen molar-refractivity contribution in [1.29, 1.82) is 0 Å². The number of benzene rings is 1. The molecule has 1 aromatic carbocycles. The van der Waals surface area contributed by atoms with Gasteiger partial charge in [-0.3, -0.25) is 14.4 Å². The molecular weight excluding hydrogens is 460 g/mol. The fraction of sp³-hybridized carbons (Fsp3) is 0.536. The molecule has 8 heteroatoms. The number of rotatable bonds is 20. The van der Waals surface area contributed by atoms with Gasteiger partial charge in [0, 0.05) is 13.0 Å². The van der Waals surface area contributed by atoms with Crippen LogP contribution in [-0.4, -0.2) is 61.9 Å². The van der Waals surface area contributed by atoms with Crippen LogP contribution >= 0.6 is 0 Å². The summed E-state index contributed by atoms with van der Waals surface area (Å²) in [5.41, 5.74) is 1.07. The summed E-state index contributed by atoms with van der Waals surface area (Å²) in [7, 11) is 0. The van der Waals surface area contributed by atoms with Crippen molar-refractivity contribution >= 4 is 17.8 Å². The van der Waals surface area contributed by atoms with Gasteiger partial charge in [0.1, 0.15) is 6.61 Å². The van der Waals surface area contributed by atoms with E-state index >= 15 is 0 Å². The summed E-state index contributed by atoms with van der Waals surface area (Å²) < 4.78 is 10.7. The van der Waals surface area contributed by atoms with Gasteiger partial charge in [-0.15, -0.1) is 13.2 Å². The highest BCUT2D eigenvalue weighted by Gasteiger charge is 2.24. The Morgan fingerprint density at radius 3 is 2.50 bits per heavy atom. The molecule has 2 amide bonds. The van der Waals surface area contributed by atoms with E-state index in [0.29, 0.717) is 25.8 Å². The summed E-state index contributed by atoms with van der Waals surface area (Å²) in [5, 5.41) is 14.2. The van der Waals surface area contributed by atoms with Crippen molar-refractivity contribution in [2.75, 3.05) is 33.0 Å². The minimum atomic E-state index is -0.580. The molecule has 3 N–H and O–H groups in total. The van der Waals surface area contributed by atoms with Gasteiger partial charge < -0.3 is 25.2 Å². The molecule has 1 rings (SSSR count). The van der Waals surface area contributed by atoms with Gasteiger partial charge in [0.2, 0.25) is 11.8 Å². The predicted molar refractivity (Wildman–Crippen MR) is 140 cm³/mol. The lowest BCUT2D eigenvalue weighted by atomic mass is 9.94. The minimum absolute atomic E-state index is 0.00676. The molecule has 0 aliphatic carbocycles. The maximum atomic E-state index is 12.8. The highest BCUT2D eigenvalue weighted by molar-refractivity contribution is 5.86. The van der Waals surface area contributed by atoms with Gasteiger partial charge in [-0.2, -0.15) is 0 Å². The molecule has 0 aliphatic rings. The number of amides is 2. The molecule has 0 aromatic heterocycles. The fourth-order valence-corrected chi connectivity index (χ4v) is 3.65. The average molecular weight is 503 g/mol. The summed E-state index contributed by atoms with van der Waals surface area (Å²) >= 11 is 0. The van der Waals surface area contributed by atoms with E-state index in [2.05, 4.69) is 23.8 Å². The zero-order chi connectivity index (χ0) is 26.6. The van der Waals surface area contributed by atoms with E-state index in [1.165, 1.54) is 0 Å². The van der Waals surface area contributed by atoms with Crippen LogP contribution in [0.5, 0.6) is 0 Å². The predicted octanol–water partition coefficient (Wildman–Crippen LogP) is 2.96. The largest absolute Gasteiger partial charge is 0.463 e. The Balaban J connectivity index is 2.54. The molecule has 0 radical (unpaired) electrons. The molecule has 8 nitrogen and oxygen atoms in total. The van der Waals surface area contributed by atoms with Crippen LogP contribution in [-0.2, 0) is 30.3 Å². The lowest BCUT2D eigenvalue weighted by Gasteiger charge is -2.21. The first-order chi connectivity index (χ1) is 17.4. The van der Waals surface area contributed by atoms with Crippen LogP contribution in [0.15, 0.2) is 55.6 Å². The molecule has 36 heavy (non-hydrogen) atoms. The number of esters is 1. The first-order valence-electron chi connectivity index (χ1n) is 12.6. The van der Waals surface area contributed by atoms with E-state index in [-0.39, 0.29) is 56.5 Å². The van der Waals surface area contributed by atoms with Gasteiger partial charge in [0.05, 0.1) is 37.7 Å². The van der Waals surface area contributed by atoms with E-state index in [4.69, 9.17) is 14.6 Å². The van der Waals surface area contributed by atoms with Crippen LogP contribution in [0, 0.1) is 11.8 Å². The number of carbonyl (C=O) groups excluding carboxylic acids is 3. The zero-order valence-electron chi connectivity index (χ0n) is 21.5. The van der Waals surface area contributed by atoms with Gasteiger partial charge in [-0.25, -0.2) is 0 Å². The third-order valence-corrected chi connectivity index (χ3v) is 5.54. The second-order valence-corrected chi connectivity index (χ2v) is 8.76. The summed E-state index contributed by atoms with van der Waals surface area (Å²) in [6.07, 6.45) is 6.76. The number of nitrogens with one attached hydrogen (secondary N) is 2. The number of ether oxygens (including phenoxy) is 2. The Bertz CT molecular complexity index is 798. The second-order valence-electron chi connectivity index (χ2n) is 8.76. The van der Waals surface area contributed by atoms with Crippen LogP contribution < -0.4 is 10.6 Å². The molecule has 0 saturated carbocycles. The quantitative estimate of drug-likeness (QED) is 0.144. The maximum absolute atomic E-state index is 12.8. The Morgan fingerprint density at radius 1 is 1.08 bits per heavy atom. The number of hydrogen-bond donors (Lipinski definition) is 3. The lowest BCUT2D eigenvalue weighted by Crippen LogP contribution is -2.42. The maximum Gasteiger partial charge on any atom is 0.309 e. The Labute approximate surface area is 215 Å². The molecule has 0 saturated heterocycles.